The number of carbonyl (C=O) groups is 6. The molecule has 2 aromatic heterocycles. The third kappa shape index (κ3) is 9.41. The minimum Gasteiger partial charge on any atom is -0.412 e. The van der Waals surface area contributed by atoms with Gasteiger partial charge in [-0.3, -0.25) is 28.8 Å². The van der Waals surface area contributed by atoms with E-state index in [1.807, 2.05) is 47.0 Å². The number of nitrogens with one attached hydrogen (secondary N) is 3. The fourth-order valence-corrected chi connectivity index (χ4v) is 3.83. The molecule has 2 aliphatic heterocycles. The van der Waals surface area contributed by atoms with Crippen molar-refractivity contribution in [3.05, 3.63) is 59.4 Å². The average Bonchev–Trinajstić information content (AvgIpc) is 2.91. The van der Waals surface area contributed by atoms with Crippen LogP contribution in [0, 0.1) is 10.8 Å². The van der Waals surface area contributed by atoms with Crippen LogP contribution < -0.4 is 16.0 Å². The zero-order valence-electron chi connectivity index (χ0n) is 23.5. The summed E-state index contributed by atoms with van der Waals surface area (Å²) in [6, 6.07) is 9.70. The van der Waals surface area contributed by atoms with Crippen LogP contribution in [0.2, 0.25) is 0 Å². The minimum atomic E-state index is -1.12. The quantitative estimate of drug-likeness (QED) is 0.310. The summed E-state index contributed by atoms with van der Waals surface area (Å²) in [4.78, 5) is 75.1. The molecule has 0 aromatic carbocycles. The summed E-state index contributed by atoms with van der Waals surface area (Å²) in [5, 5.41) is 13.6. The SMILES string of the molecule is CCC1(CC)C(=O)[N-]C(=O)NC1=O.CCC1(CC)C(=O)[N-]C(=O)NC1=O.O.O.[Cu+2].c1ccc(Nc2ccccn2)nc1. The molecule has 0 unspecified atom stereocenters. The number of urea groups is 2. The fraction of sp³-hybridized carbons (Fsp3) is 0.385. The minimum absolute atomic E-state index is 0. The van der Waals surface area contributed by atoms with Gasteiger partial charge in [-0.1, -0.05) is 39.8 Å². The molecular formula is C26H35CuN7O8. The third-order valence-electron chi connectivity index (χ3n) is 6.54. The summed E-state index contributed by atoms with van der Waals surface area (Å²) in [5.41, 5.74) is -2.23. The molecule has 0 bridgehead atoms. The molecule has 1 radical (unpaired) electrons. The van der Waals surface area contributed by atoms with Crippen LogP contribution in [0.5, 0.6) is 0 Å². The van der Waals surface area contributed by atoms with Gasteiger partial charge in [-0.2, -0.15) is 0 Å². The van der Waals surface area contributed by atoms with Crippen molar-refractivity contribution in [2.75, 3.05) is 5.32 Å². The normalized spacial score (nSPS) is 15.9. The predicted octanol–water partition coefficient (Wildman–Crippen LogP) is 2.45. The van der Waals surface area contributed by atoms with Crippen molar-refractivity contribution in [2.45, 2.75) is 53.4 Å². The van der Waals surface area contributed by atoms with Crippen LogP contribution in [-0.2, 0) is 36.2 Å². The molecule has 2 aliphatic rings. The second kappa shape index (κ2) is 18.2. The maximum atomic E-state index is 11.4. The molecule has 2 aromatic rings. The van der Waals surface area contributed by atoms with E-state index in [1.165, 1.54) is 0 Å². The molecule has 15 nitrogen and oxygen atoms in total. The first-order valence-corrected chi connectivity index (χ1v) is 12.4. The molecule has 16 heteroatoms. The summed E-state index contributed by atoms with van der Waals surface area (Å²) in [7, 11) is 0. The van der Waals surface area contributed by atoms with Crippen LogP contribution in [-0.4, -0.2) is 56.6 Å². The van der Waals surface area contributed by atoms with Gasteiger partial charge in [0, 0.05) is 12.4 Å². The number of anilines is 2. The van der Waals surface area contributed by atoms with Crippen LogP contribution in [0.3, 0.4) is 0 Å². The van der Waals surface area contributed by atoms with Crippen molar-refractivity contribution in [3.63, 3.8) is 0 Å². The fourth-order valence-electron chi connectivity index (χ4n) is 3.83. The van der Waals surface area contributed by atoms with Gasteiger partial charge in [0.2, 0.25) is 0 Å². The van der Waals surface area contributed by atoms with Gasteiger partial charge < -0.3 is 37.5 Å². The molecule has 42 heavy (non-hydrogen) atoms. The van der Waals surface area contributed by atoms with E-state index >= 15 is 0 Å². The van der Waals surface area contributed by atoms with E-state index in [2.05, 4.69) is 25.9 Å². The topological polar surface area (TPSA) is 255 Å². The molecule has 4 rings (SSSR count). The Hall–Kier alpha value is -4.24. The van der Waals surface area contributed by atoms with E-state index < -0.39 is 46.5 Å². The van der Waals surface area contributed by atoms with Gasteiger partial charge in [-0.25, -0.2) is 9.97 Å². The van der Waals surface area contributed by atoms with E-state index in [9.17, 15) is 28.8 Å². The van der Waals surface area contributed by atoms with Crippen molar-refractivity contribution in [3.8, 4) is 0 Å². The second-order valence-corrected chi connectivity index (χ2v) is 8.49. The van der Waals surface area contributed by atoms with Gasteiger partial charge in [0.25, 0.3) is 0 Å². The Morgan fingerprint density at radius 1 is 0.643 bits per heavy atom. The van der Waals surface area contributed by atoms with E-state index in [0.29, 0.717) is 25.7 Å². The molecule has 233 valence electrons. The first-order valence-electron chi connectivity index (χ1n) is 12.4. The Balaban J connectivity index is 0. The monoisotopic (exact) mass is 636 g/mol. The zero-order chi connectivity index (χ0) is 29.1. The first kappa shape index (κ1) is 39.9. The summed E-state index contributed by atoms with van der Waals surface area (Å²) < 4.78 is 0. The maximum Gasteiger partial charge on any atom is 2.00 e. The summed E-state index contributed by atoms with van der Waals surface area (Å²) in [6.07, 6.45) is 4.95. The van der Waals surface area contributed by atoms with E-state index in [1.54, 1.807) is 40.1 Å². The van der Waals surface area contributed by atoms with Crippen LogP contribution >= 0.6 is 0 Å². The number of imide groups is 4. The smallest absolute Gasteiger partial charge is 0.412 e. The van der Waals surface area contributed by atoms with Crippen LogP contribution in [0.4, 0.5) is 21.2 Å². The Morgan fingerprint density at radius 2 is 0.976 bits per heavy atom. The van der Waals surface area contributed by atoms with Crippen molar-refractivity contribution >= 4 is 47.3 Å². The number of hydrogen-bond donors (Lipinski definition) is 3. The van der Waals surface area contributed by atoms with Gasteiger partial charge in [-0.05, 0) is 49.9 Å². The van der Waals surface area contributed by atoms with E-state index in [0.717, 1.165) is 11.6 Å². The summed E-state index contributed by atoms with van der Waals surface area (Å²) >= 11 is 0. The molecule has 0 spiro atoms. The van der Waals surface area contributed by atoms with Crippen LogP contribution in [0.25, 0.3) is 10.6 Å². The Labute approximate surface area is 253 Å². The molecule has 2 fully saturated rings. The van der Waals surface area contributed by atoms with Crippen molar-refractivity contribution in [1.29, 1.82) is 0 Å². The van der Waals surface area contributed by atoms with E-state index in [-0.39, 0.29) is 28.0 Å². The van der Waals surface area contributed by atoms with Gasteiger partial charge in [-0.15, -0.1) is 0 Å². The van der Waals surface area contributed by atoms with Crippen LogP contribution in [0.1, 0.15) is 53.4 Å². The Kier molecular flexibility index (Phi) is 17.3. The largest absolute Gasteiger partial charge is 2.00 e. The molecule has 7 N–H and O–H groups in total. The number of carbonyl (C=O) groups excluding carboxylic acids is 6. The molecule has 4 heterocycles. The number of rotatable bonds is 6. The number of barbiturate groups is 2. The Bertz CT molecular complexity index is 1070. The van der Waals surface area contributed by atoms with Crippen molar-refractivity contribution in [2.24, 2.45) is 10.8 Å². The number of nitrogens with zero attached hydrogens (tertiary/aromatic N) is 4. The molecule has 8 amide bonds. The van der Waals surface area contributed by atoms with Crippen molar-refractivity contribution < 1.29 is 56.8 Å². The second-order valence-electron chi connectivity index (χ2n) is 8.49. The first-order chi connectivity index (χ1) is 18.6. The third-order valence-corrected chi connectivity index (χ3v) is 6.54. The predicted molar refractivity (Wildman–Crippen MR) is 149 cm³/mol. The molecule has 0 aliphatic carbocycles. The molecule has 0 atom stereocenters. The molecule has 2 saturated heterocycles. The number of hydrogen-bond acceptors (Lipinski definition) is 9. The summed E-state index contributed by atoms with van der Waals surface area (Å²) in [6.45, 7) is 6.91. The van der Waals surface area contributed by atoms with Crippen molar-refractivity contribution in [1.82, 2.24) is 20.6 Å². The number of aromatic nitrogens is 2. The van der Waals surface area contributed by atoms with Gasteiger partial charge >= 0.3 is 17.1 Å². The average molecular weight is 637 g/mol. The maximum absolute atomic E-state index is 11.4. The molecular weight excluding hydrogens is 602 g/mol. The van der Waals surface area contributed by atoms with Gasteiger partial charge in [0.1, 0.15) is 11.6 Å². The number of amides is 8. The van der Waals surface area contributed by atoms with Gasteiger partial charge in [0.15, 0.2) is 35.7 Å². The zero-order valence-corrected chi connectivity index (χ0v) is 24.4. The van der Waals surface area contributed by atoms with E-state index in [4.69, 9.17) is 0 Å². The Morgan fingerprint density at radius 3 is 1.21 bits per heavy atom. The van der Waals surface area contributed by atoms with Gasteiger partial charge in [0.05, 0.1) is 10.8 Å². The summed E-state index contributed by atoms with van der Waals surface area (Å²) in [5.74, 6) is -0.676. The standard InChI is InChI=1S/C10H9N3.2C8H12N2O3.Cu.2H2O/c1-3-7-11-9(5-1)13-10-6-2-4-8-12-10;2*1-3-8(4-2)5(11)9-7(13)10-6(8)12;;;/h1-8H,(H,11,12,13);2*3-4H2,1-2H3,(H2,9,10,11,12,13);;2*1H2/q;;;+2;;/p-2. The molecule has 0 saturated carbocycles. The number of pyridine rings is 2. The van der Waals surface area contributed by atoms with Crippen LogP contribution in [0.15, 0.2) is 48.8 Å².